The van der Waals surface area contributed by atoms with Crippen LogP contribution in [-0.4, -0.2) is 46.0 Å². The summed E-state index contributed by atoms with van der Waals surface area (Å²) in [7, 11) is -10.3. The fourth-order valence-electron chi connectivity index (χ4n) is 2.39. The summed E-state index contributed by atoms with van der Waals surface area (Å²) in [4.78, 5) is -6.01. The first kappa shape index (κ1) is 18.8. The molecule has 1 aliphatic rings. The fraction of sp³-hybridized carbons (Fsp3) is 0.286. The number of rotatable bonds is 4. The summed E-state index contributed by atoms with van der Waals surface area (Å²) in [5.41, 5.74) is 0.597. The van der Waals surface area contributed by atoms with Gasteiger partial charge in [0, 0.05) is 12.8 Å². The molecule has 0 bridgehead atoms. The molecule has 0 fully saturated rings. The molecule has 0 saturated heterocycles. The molecule has 24 heavy (non-hydrogen) atoms. The molecule has 132 valence electrons. The van der Waals surface area contributed by atoms with Gasteiger partial charge in [0.15, 0.2) is 4.93 Å². The van der Waals surface area contributed by atoms with Gasteiger partial charge in [0.25, 0.3) is 20.2 Å². The number of hydrogen-bond acceptors (Lipinski definition) is 6. The Kier molecular flexibility index (Phi) is 4.74. The minimum atomic E-state index is -5.16. The second kappa shape index (κ2) is 6.06. The third-order valence-corrected chi connectivity index (χ3v) is 6.04. The van der Waals surface area contributed by atoms with E-state index in [4.69, 9.17) is 4.55 Å². The summed E-state index contributed by atoms with van der Waals surface area (Å²) in [6.45, 7) is 0. The van der Waals surface area contributed by atoms with E-state index in [0.717, 1.165) is 6.08 Å². The van der Waals surface area contributed by atoms with Crippen molar-refractivity contribution in [2.24, 2.45) is 0 Å². The minimum absolute atomic E-state index is 0.0923. The summed E-state index contributed by atoms with van der Waals surface area (Å²) in [5.74, 6) is 0. The Morgan fingerprint density at radius 2 is 1.50 bits per heavy atom. The van der Waals surface area contributed by atoms with E-state index in [1.54, 1.807) is 30.3 Å². The van der Waals surface area contributed by atoms with E-state index in [0.29, 0.717) is 5.56 Å². The standard InChI is InChI=1S/C14H16O8S2/c15-13(23(17,18)19)8-12(7-6-11-4-2-1-3-5-11)9-14(16,10-13)24(20,21)22/h1-8,15-16H,9-10H2,(H,17,18,19)(H,20,21,22). The largest absolute Gasteiger partial charge is 0.372 e. The Morgan fingerprint density at radius 3 is 2.00 bits per heavy atom. The van der Waals surface area contributed by atoms with E-state index >= 15 is 0 Å². The normalized spacial score (nSPS) is 28.8. The van der Waals surface area contributed by atoms with Gasteiger partial charge in [-0.05, 0) is 17.2 Å². The molecular formula is C14H16O8S2. The molecule has 10 heteroatoms. The van der Waals surface area contributed by atoms with Crippen molar-refractivity contribution in [3.05, 3.63) is 53.6 Å². The van der Waals surface area contributed by atoms with Crippen LogP contribution >= 0.6 is 0 Å². The van der Waals surface area contributed by atoms with E-state index in [1.807, 2.05) is 0 Å². The van der Waals surface area contributed by atoms with Gasteiger partial charge in [0.05, 0.1) is 0 Å². The first-order valence-electron chi connectivity index (χ1n) is 6.70. The highest BCUT2D eigenvalue weighted by Crippen LogP contribution is 2.40. The second-order valence-corrected chi connectivity index (χ2v) is 8.93. The van der Waals surface area contributed by atoms with Gasteiger partial charge in [-0.2, -0.15) is 16.8 Å². The Labute approximate surface area is 139 Å². The number of hydrogen-bond donors (Lipinski definition) is 4. The zero-order valence-electron chi connectivity index (χ0n) is 12.3. The first-order chi connectivity index (χ1) is 10.9. The van der Waals surface area contributed by atoms with E-state index in [9.17, 15) is 31.6 Å². The summed E-state index contributed by atoms with van der Waals surface area (Å²) in [5, 5.41) is 20.2. The van der Waals surface area contributed by atoms with E-state index in [2.05, 4.69) is 0 Å². The molecule has 0 aliphatic heterocycles. The lowest BCUT2D eigenvalue weighted by Crippen LogP contribution is -2.52. The maximum atomic E-state index is 11.4. The number of benzene rings is 1. The molecule has 1 aliphatic carbocycles. The van der Waals surface area contributed by atoms with Crippen LogP contribution in [0, 0.1) is 0 Å². The maximum Gasteiger partial charge on any atom is 0.299 e. The summed E-state index contributed by atoms with van der Waals surface area (Å²) < 4.78 is 64.0. The van der Waals surface area contributed by atoms with Crippen LogP contribution in [0.1, 0.15) is 18.4 Å². The van der Waals surface area contributed by atoms with E-state index in [-0.39, 0.29) is 5.57 Å². The molecule has 0 saturated carbocycles. The Bertz CT molecular complexity index is 886. The zero-order valence-corrected chi connectivity index (χ0v) is 13.9. The van der Waals surface area contributed by atoms with Crippen LogP contribution in [0.15, 0.2) is 48.1 Å². The molecule has 2 rings (SSSR count). The topological polar surface area (TPSA) is 149 Å². The maximum absolute atomic E-state index is 11.4. The Morgan fingerprint density at radius 1 is 0.917 bits per heavy atom. The number of aliphatic hydroxyl groups is 2. The molecule has 8 nitrogen and oxygen atoms in total. The highest BCUT2D eigenvalue weighted by Gasteiger charge is 2.55. The fourth-order valence-corrected chi connectivity index (χ4v) is 3.96. The van der Waals surface area contributed by atoms with Crippen molar-refractivity contribution in [3.63, 3.8) is 0 Å². The molecule has 0 heterocycles. The summed E-state index contributed by atoms with van der Waals surface area (Å²) in [6.07, 6.45) is 1.53. The van der Waals surface area contributed by atoms with Crippen molar-refractivity contribution in [1.82, 2.24) is 0 Å². The lowest BCUT2D eigenvalue weighted by molar-refractivity contribution is 0.0304. The summed E-state index contributed by atoms with van der Waals surface area (Å²) in [6, 6.07) is 8.66. The van der Waals surface area contributed by atoms with Crippen molar-refractivity contribution in [1.29, 1.82) is 0 Å². The van der Waals surface area contributed by atoms with Gasteiger partial charge in [-0.3, -0.25) is 9.11 Å². The van der Waals surface area contributed by atoms with Crippen molar-refractivity contribution in [2.45, 2.75) is 22.7 Å². The molecule has 0 amide bonds. The van der Waals surface area contributed by atoms with Gasteiger partial charge in [-0.25, -0.2) is 0 Å². The lowest BCUT2D eigenvalue weighted by Gasteiger charge is -2.36. The molecule has 0 radical (unpaired) electrons. The monoisotopic (exact) mass is 376 g/mol. The van der Waals surface area contributed by atoms with Crippen LogP contribution in [0.4, 0.5) is 0 Å². The predicted octanol–water partition coefficient (Wildman–Crippen LogP) is 0.573. The minimum Gasteiger partial charge on any atom is -0.372 e. The summed E-state index contributed by atoms with van der Waals surface area (Å²) >= 11 is 0. The van der Waals surface area contributed by atoms with Gasteiger partial charge in [-0.15, -0.1) is 0 Å². The molecule has 1 aromatic rings. The average Bonchev–Trinajstić information content (AvgIpc) is 2.43. The Hall–Kier alpha value is -1.56. The van der Waals surface area contributed by atoms with E-state index in [1.165, 1.54) is 12.2 Å². The van der Waals surface area contributed by atoms with Crippen molar-refractivity contribution >= 4 is 26.3 Å². The second-order valence-electron chi connectivity index (χ2n) is 5.56. The molecule has 2 atom stereocenters. The molecule has 0 aromatic heterocycles. The molecule has 1 aromatic carbocycles. The Balaban J connectivity index is 2.51. The molecule has 4 N–H and O–H groups in total. The van der Waals surface area contributed by atoms with Crippen LogP contribution in [0.5, 0.6) is 0 Å². The number of allylic oxidation sites excluding steroid dienone is 1. The van der Waals surface area contributed by atoms with Crippen LogP contribution in [-0.2, 0) is 20.2 Å². The van der Waals surface area contributed by atoms with Gasteiger partial charge >= 0.3 is 0 Å². The quantitative estimate of drug-likeness (QED) is 0.557. The average molecular weight is 376 g/mol. The van der Waals surface area contributed by atoms with Gasteiger partial charge in [0.2, 0.25) is 4.93 Å². The first-order valence-corrected chi connectivity index (χ1v) is 9.58. The van der Waals surface area contributed by atoms with E-state index < -0.39 is 42.9 Å². The highest BCUT2D eigenvalue weighted by atomic mass is 32.2. The van der Waals surface area contributed by atoms with Gasteiger partial charge in [-0.1, -0.05) is 42.5 Å². The van der Waals surface area contributed by atoms with Gasteiger partial charge in [0.1, 0.15) is 0 Å². The molecule has 0 spiro atoms. The SMILES string of the molecule is O=S(=O)(O)C1(O)C=C(C=Cc2ccccc2)CC(O)(S(=O)(=O)O)C1. The third kappa shape index (κ3) is 3.74. The van der Waals surface area contributed by atoms with Crippen molar-refractivity contribution in [2.75, 3.05) is 0 Å². The van der Waals surface area contributed by atoms with Crippen molar-refractivity contribution < 1.29 is 36.2 Å². The van der Waals surface area contributed by atoms with Crippen molar-refractivity contribution in [3.8, 4) is 0 Å². The van der Waals surface area contributed by atoms with Gasteiger partial charge < -0.3 is 10.2 Å². The molecule has 2 unspecified atom stereocenters. The van der Waals surface area contributed by atoms with Crippen LogP contribution < -0.4 is 0 Å². The third-order valence-electron chi connectivity index (χ3n) is 3.64. The smallest absolute Gasteiger partial charge is 0.299 e. The highest BCUT2D eigenvalue weighted by molar-refractivity contribution is 7.88. The van der Waals surface area contributed by atoms with Crippen LogP contribution in [0.25, 0.3) is 6.08 Å². The lowest BCUT2D eigenvalue weighted by atomic mass is 9.93. The zero-order chi connectivity index (χ0) is 18.2. The van der Waals surface area contributed by atoms with Crippen LogP contribution in [0.2, 0.25) is 0 Å². The van der Waals surface area contributed by atoms with Crippen LogP contribution in [0.3, 0.4) is 0 Å². The molecular weight excluding hydrogens is 360 g/mol. The predicted molar refractivity (Wildman–Crippen MR) is 85.8 cm³/mol.